The zero-order chi connectivity index (χ0) is 14.8. The van der Waals surface area contributed by atoms with Gasteiger partial charge in [-0.3, -0.25) is 9.88 Å². The van der Waals surface area contributed by atoms with Crippen LogP contribution in [0.5, 0.6) is 0 Å². The van der Waals surface area contributed by atoms with Crippen LogP contribution in [0.1, 0.15) is 20.8 Å². The molecule has 108 valence electrons. The Morgan fingerprint density at radius 2 is 2.29 bits per heavy atom. The molecule has 2 heterocycles. The molecule has 0 spiro atoms. The zero-order valence-electron chi connectivity index (χ0n) is 11.1. The van der Waals surface area contributed by atoms with Gasteiger partial charge in [-0.25, -0.2) is 9.59 Å². The van der Waals surface area contributed by atoms with E-state index in [9.17, 15) is 9.59 Å². The first-order chi connectivity index (χ1) is 10.1. The number of carbonyl (C=O) groups excluding carboxylic acids is 1. The summed E-state index contributed by atoms with van der Waals surface area (Å²) in [6, 6.07) is 4.67. The van der Waals surface area contributed by atoms with E-state index >= 15 is 0 Å². The number of hydrogen-bond acceptors (Lipinski definition) is 4. The number of anilines is 1. The summed E-state index contributed by atoms with van der Waals surface area (Å²) >= 11 is 1.49. The molecule has 2 amide bonds. The number of rotatable bonds is 3. The number of hydrogen-bond donors (Lipinski definition) is 2. The highest BCUT2D eigenvalue weighted by Gasteiger charge is 2.25. The lowest BCUT2D eigenvalue weighted by molar-refractivity contribution is 0.0697. The third-order valence-corrected chi connectivity index (χ3v) is 4.14. The van der Waals surface area contributed by atoms with Crippen molar-refractivity contribution in [3.05, 3.63) is 45.9 Å². The molecule has 0 saturated carbocycles. The molecule has 1 aliphatic heterocycles. The molecule has 0 bridgehead atoms. The second kappa shape index (κ2) is 5.53. The molecule has 0 atom stereocenters. The maximum atomic E-state index is 12.2. The van der Waals surface area contributed by atoms with Gasteiger partial charge in [0.2, 0.25) is 0 Å². The molecule has 21 heavy (non-hydrogen) atoms. The molecule has 2 N–H and O–H groups in total. The average molecular weight is 303 g/mol. The summed E-state index contributed by atoms with van der Waals surface area (Å²) in [6.45, 7) is 1.01. The lowest BCUT2D eigenvalue weighted by Crippen LogP contribution is -2.38. The Hall–Kier alpha value is -2.41. The fourth-order valence-corrected chi connectivity index (χ4v) is 2.87. The number of urea groups is 1. The number of benzene rings is 1. The number of nitrogens with one attached hydrogen (secondary N) is 1. The van der Waals surface area contributed by atoms with E-state index in [2.05, 4.69) is 10.3 Å². The van der Waals surface area contributed by atoms with Crippen LogP contribution < -0.4 is 10.2 Å². The third kappa shape index (κ3) is 2.73. The van der Waals surface area contributed by atoms with E-state index in [0.717, 1.165) is 16.1 Å². The summed E-state index contributed by atoms with van der Waals surface area (Å²) in [6.07, 6.45) is 2.40. The van der Waals surface area contributed by atoms with Crippen molar-refractivity contribution in [3.63, 3.8) is 0 Å². The van der Waals surface area contributed by atoms with Gasteiger partial charge in [0.05, 0.1) is 17.6 Å². The molecule has 6 nitrogen and oxygen atoms in total. The molecular weight excluding hydrogens is 290 g/mol. The van der Waals surface area contributed by atoms with Crippen LogP contribution in [0.15, 0.2) is 29.9 Å². The fourth-order valence-electron chi connectivity index (χ4n) is 2.33. The molecule has 0 saturated heterocycles. The molecule has 0 aliphatic carbocycles. The zero-order valence-corrected chi connectivity index (χ0v) is 11.9. The van der Waals surface area contributed by atoms with Gasteiger partial charge in [0.1, 0.15) is 0 Å². The summed E-state index contributed by atoms with van der Waals surface area (Å²) in [7, 11) is 0. The minimum absolute atomic E-state index is 0.176. The van der Waals surface area contributed by atoms with E-state index in [1.54, 1.807) is 28.7 Å². The summed E-state index contributed by atoms with van der Waals surface area (Å²) in [5.74, 6) is -0.953. The van der Waals surface area contributed by atoms with Gasteiger partial charge >= 0.3 is 12.0 Å². The minimum atomic E-state index is -0.953. The Kier molecular flexibility index (Phi) is 3.57. The maximum Gasteiger partial charge on any atom is 0.335 e. The quantitative estimate of drug-likeness (QED) is 0.910. The van der Waals surface area contributed by atoms with E-state index in [1.165, 1.54) is 17.4 Å². The van der Waals surface area contributed by atoms with E-state index in [4.69, 9.17) is 5.11 Å². The third-order valence-electron chi connectivity index (χ3n) is 3.36. The van der Waals surface area contributed by atoms with Crippen LogP contribution in [0.4, 0.5) is 10.5 Å². The largest absolute Gasteiger partial charge is 0.478 e. The number of amides is 2. The summed E-state index contributed by atoms with van der Waals surface area (Å²) in [5.41, 5.74) is 3.64. The van der Waals surface area contributed by atoms with Crippen molar-refractivity contribution in [1.82, 2.24) is 10.3 Å². The van der Waals surface area contributed by atoms with Gasteiger partial charge in [0.25, 0.3) is 0 Å². The van der Waals surface area contributed by atoms with Crippen LogP contribution in [-0.4, -0.2) is 28.6 Å². The van der Waals surface area contributed by atoms with Crippen LogP contribution in [-0.2, 0) is 13.0 Å². The van der Waals surface area contributed by atoms with E-state index in [0.29, 0.717) is 19.5 Å². The van der Waals surface area contributed by atoms with Crippen LogP contribution >= 0.6 is 11.3 Å². The highest BCUT2D eigenvalue weighted by atomic mass is 32.1. The highest BCUT2D eigenvalue weighted by molar-refractivity contribution is 7.09. The number of carbonyl (C=O) groups is 2. The summed E-state index contributed by atoms with van der Waals surface area (Å²) in [4.78, 5) is 29.7. The molecule has 1 aliphatic rings. The van der Waals surface area contributed by atoms with Crippen LogP contribution in [0.3, 0.4) is 0 Å². The fraction of sp³-hybridized carbons (Fsp3) is 0.214. The summed E-state index contributed by atoms with van der Waals surface area (Å²) < 4.78 is 0. The van der Waals surface area contributed by atoms with Crippen molar-refractivity contribution in [3.8, 4) is 0 Å². The molecule has 0 fully saturated rings. The van der Waals surface area contributed by atoms with Crippen molar-refractivity contribution in [2.24, 2.45) is 0 Å². The topological polar surface area (TPSA) is 82.5 Å². The monoisotopic (exact) mass is 303 g/mol. The van der Waals surface area contributed by atoms with Crippen molar-refractivity contribution >= 4 is 29.0 Å². The molecule has 7 heteroatoms. The Bertz CT molecular complexity index is 685. The highest BCUT2D eigenvalue weighted by Crippen LogP contribution is 2.29. The van der Waals surface area contributed by atoms with Crippen molar-refractivity contribution in [2.75, 3.05) is 11.4 Å². The van der Waals surface area contributed by atoms with Gasteiger partial charge in [-0.15, -0.1) is 11.3 Å². The number of carboxylic acid groups (broad SMARTS) is 1. The van der Waals surface area contributed by atoms with Crippen molar-refractivity contribution in [2.45, 2.75) is 13.0 Å². The Labute approximate surface area is 125 Å². The lowest BCUT2D eigenvalue weighted by Gasteiger charge is -2.17. The van der Waals surface area contributed by atoms with E-state index in [1.807, 2.05) is 0 Å². The number of nitrogens with zero attached hydrogens (tertiary/aromatic N) is 2. The Morgan fingerprint density at radius 1 is 1.43 bits per heavy atom. The van der Waals surface area contributed by atoms with Gasteiger partial charge in [0.15, 0.2) is 0 Å². The first kappa shape index (κ1) is 13.6. The molecule has 1 aromatic heterocycles. The first-order valence-electron chi connectivity index (χ1n) is 6.44. The van der Waals surface area contributed by atoms with Gasteiger partial charge in [-0.1, -0.05) is 0 Å². The van der Waals surface area contributed by atoms with Crippen LogP contribution in [0.25, 0.3) is 0 Å². The number of thiazole rings is 1. The average Bonchev–Trinajstić information content (AvgIpc) is 3.13. The predicted molar refractivity (Wildman–Crippen MR) is 78.8 cm³/mol. The second-order valence-corrected chi connectivity index (χ2v) is 5.65. The molecule has 1 aromatic carbocycles. The molecule has 0 unspecified atom stereocenters. The van der Waals surface area contributed by atoms with Gasteiger partial charge in [-0.05, 0) is 30.2 Å². The van der Waals surface area contributed by atoms with Gasteiger partial charge < -0.3 is 10.4 Å². The number of fused-ring (bicyclic) bond motifs is 1. The maximum absolute atomic E-state index is 12.2. The van der Waals surface area contributed by atoms with Crippen LogP contribution in [0.2, 0.25) is 0 Å². The normalized spacial score (nSPS) is 13.0. The van der Waals surface area contributed by atoms with Gasteiger partial charge in [0, 0.05) is 23.3 Å². The van der Waals surface area contributed by atoms with Crippen LogP contribution in [0, 0.1) is 0 Å². The Morgan fingerprint density at radius 3 is 3.00 bits per heavy atom. The van der Waals surface area contributed by atoms with E-state index < -0.39 is 5.97 Å². The molecule has 0 radical (unpaired) electrons. The van der Waals surface area contributed by atoms with Gasteiger partial charge in [-0.2, -0.15) is 0 Å². The number of carboxylic acids is 1. The standard InChI is InChI=1S/C14H13N3O3S/c18-13(19)10-1-2-12-9(5-10)3-4-17(12)14(20)16-7-11-6-15-8-21-11/h1-2,5-6,8H,3-4,7H2,(H,16,20)(H,18,19). The molecule has 2 aromatic rings. The predicted octanol–water partition coefficient (Wildman–Crippen LogP) is 2.11. The number of aromatic carboxylic acids is 1. The minimum Gasteiger partial charge on any atom is -0.478 e. The molecule has 3 rings (SSSR count). The Balaban J connectivity index is 1.71. The van der Waals surface area contributed by atoms with Crippen molar-refractivity contribution in [1.29, 1.82) is 0 Å². The lowest BCUT2D eigenvalue weighted by atomic mass is 10.1. The number of aromatic nitrogens is 1. The SMILES string of the molecule is O=C(O)c1ccc2c(c1)CCN2C(=O)NCc1cncs1. The molecular formula is C14H13N3O3S. The van der Waals surface area contributed by atoms with E-state index in [-0.39, 0.29) is 11.6 Å². The smallest absolute Gasteiger partial charge is 0.335 e. The summed E-state index contributed by atoms with van der Waals surface area (Å²) in [5, 5.41) is 11.8. The second-order valence-electron chi connectivity index (χ2n) is 4.68. The van der Waals surface area contributed by atoms with Crippen molar-refractivity contribution < 1.29 is 14.7 Å². The first-order valence-corrected chi connectivity index (χ1v) is 7.32.